The van der Waals surface area contributed by atoms with Crippen LogP contribution in [0.1, 0.15) is 18.3 Å². The minimum absolute atomic E-state index is 0.121. The Hall–Kier alpha value is -2.30. The molecule has 0 fully saturated rings. The highest BCUT2D eigenvalue weighted by Gasteiger charge is 2.14. The van der Waals surface area contributed by atoms with Crippen LogP contribution in [0.25, 0.3) is 11.1 Å². The molecule has 0 radical (unpaired) electrons. The van der Waals surface area contributed by atoms with E-state index >= 15 is 0 Å². The van der Waals surface area contributed by atoms with Gasteiger partial charge in [-0.3, -0.25) is 9.48 Å². The second-order valence-corrected chi connectivity index (χ2v) is 4.55. The molecule has 1 aromatic heterocycles. The first-order valence-electron chi connectivity index (χ1n) is 6.52. The molecule has 1 aromatic carbocycles. The molecule has 0 saturated carbocycles. The Balaban J connectivity index is 2.37. The van der Waals surface area contributed by atoms with Gasteiger partial charge in [0.15, 0.2) is 0 Å². The Morgan fingerprint density at radius 2 is 1.95 bits per heavy atom. The van der Waals surface area contributed by atoms with Gasteiger partial charge in [-0.2, -0.15) is 5.10 Å². The van der Waals surface area contributed by atoms with E-state index in [2.05, 4.69) is 5.10 Å². The minimum atomic E-state index is -0.895. The lowest BCUT2D eigenvalue weighted by Gasteiger charge is -2.06. The third kappa shape index (κ3) is 2.82. The molecule has 0 aliphatic heterocycles. The Kier molecular flexibility index (Phi) is 4.08. The highest BCUT2D eigenvalue weighted by molar-refractivity contribution is 5.71. The summed E-state index contributed by atoms with van der Waals surface area (Å²) < 4.78 is 6.93. The quantitative estimate of drug-likeness (QED) is 0.910. The molecule has 2 aromatic rings. The van der Waals surface area contributed by atoms with Gasteiger partial charge in [-0.1, -0.05) is 12.1 Å². The number of aromatic nitrogens is 2. The first kappa shape index (κ1) is 14.1. The molecule has 0 aliphatic rings. The number of ether oxygens (including phenoxy) is 1. The van der Waals surface area contributed by atoms with Crippen molar-refractivity contribution in [3.05, 3.63) is 35.7 Å². The van der Waals surface area contributed by atoms with Crippen LogP contribution in [0.15, 0.2) is 24.3 Å². The van der Waals surface area contributed by atoms with Gasteiger partial charge in [0.1, 0.15) is 12.3 Å². The summed E-state index contributed by atoms with van der Waals surface area (Å²) in [5.74, 6) is -0.0710. The van der Waals surface area contributed by atoms with E-state index in [0.29, 0.717) is 6.61 Å². The van der Waals surface area contributed by atoms with Crippen molar-refractivity contribution in [2.75, 3.05) is 6.61 Å². The van der Waals surface area contributed by atoms with Crippen molar-refractivity contribution in [1.29, 1.82) is 0 Å². The van der Waals surface area contributed by atoms with E-state index in [0.717, 1.165) is 28.3 Å². The van der Waals surface area contributed by atoms with Crippen LogP contribution < -0.4 is 4.74 Å². The Bertz CT molecular complexity index is 615. The van der Waals surface area contributed by atoms with Crippen LogP contribution in [-0.4, -0.2) is 27.5 Å². The molecule has 0 aliphatic carbocycles. The van der Waals surface area contributed by atoms with Crippen LogP contribution in [0.5, 0.6) is 5.75 Å². The summed E-state index contributed by atoms with van der Waals surface area (Å²) in [4.78, 5) is 10.8. The van der Waals surface area contributed by atoms with Crippen molar-refractivity contribution in [3.8, 4) is 16.9 Å². The smallest absolute Gasteiger partial charge is 0.325 e. The van der Waals surface area contributed by atoms with E-state index in [4.69, 9.17) is 9.84 Å². The summed E-state index contributed by atoms with van der Waals surface area (Å²) in [5.41, 5.74) is 3.68. The lowest BCUT2D eigenvalue weighted by molar-refractivity contribution is -0.137. The SMILES string of the molecule is CCOc1ccc(-c2c(C)nn(CC(=O)O)c2C)cc1. The largest absolute Gasteiger partial charge is 0.494 e. The van der Waals surface area contributed by atoms with Crippen LogP contribution >= 0.6 is 0 Å². The average Bonchev–Trinajstić information content (AvgIpc) is 2.65. The van der Waals surface area contributed by atoms with Crippen LogP contribution in [0.4, 0.5) is 0 Å². The molecule has 2 rings (SSSR count). The second kappa shape index (κ2) is 5.77. The molecule has 5 heteroatoms. The highest BCUT2D eigenvalue weighted by atomic mass is 16.5. The number of aryl methyl sites for hydroxylation is 1. The summed E-state index contributed by atoms with van der Waals surface area (Å²) >= 11 is 0. The van der Waals surface area contributed by atoms with Gasteiger partial charge in [0.25, 0.3) is 0 Å². The number of carboxylic acids is 1. The number of carboxylic acid groups (broad SMARTS) is 1. The number of carbonyl (C=O) groups is 1. The van der Waals surface area contributed by atoms with Crippen LogP contribution in [-0.2, 0) is 11.3 Å². The summed E-state index contributed by atoms with van der Waals surface area (Å²) in [6.45, 7) is 6.22. The molecular weight excluding hydrogens is 256 g/mol. The number of benzene rings is 1. The molecule has 20 heavy (non-hydrogen) atoms. The third-order valence-corrected chi connectivity index (χ3v) is 3.12. The van der Waals surface area contributed by atoms with Gasteiger partial charge in [-0.15, -0.1) is 0 Å². The molecule has 0 unspecified atom stereocenters. The average molecular weight is 274 g/mol. The fourth-order valence-electron chi connectivity index (χ4n) is 2.28. The van der Waals surface area contributed by atoms with Crippen LogP contribution in [0.2, 0.25) is 0 Å². The van der Waals surface area contributed by atoms with Gasteiger partial charge in [-0.05, 0) is 38.5 Å². The summed E-state index contributed by atoms with van der Waals surface area (Å²) in [5, 5.41) is 13.2. The maximum atomic E-state index is 10.8. The van der Waals surface area contributed by atoms with Gasteiger partial charge in [0, 0.05) is 11.3 Å². The van der Waals surface area contributed by atoms with E-state index in [-0.39, 0.29) is 6.54 Å². The monoisotopic (exact) mass is 274 g/mol. The highest BCUT2D eigenvalue weighted by Crippen LogP contribution is 2.28. The van der Waals surface area contributed by atoms with Crippen LogP contribution in [0, 0.1) is 13.8 Å². The van der Waals surface area contributed by atoms with Crippen LogP contribution in [0.3, 0.4) is 0 Å². The number of hydrogen-bond donors (Lipinski definition) is 1. The normalized spacial score (nSPS) is 10.6. The van der Waals surface area contributed by atoms with Crippen molar-refractivity contribution in [3.63, 3.8) is 0 Å². The van der Waals surface area contributed by atoms with E-state index in [1.165, 1.54) is 4.68 Å². The minimum Gasteiger partial charge on any atom is -0.494 e. The molecule has 0 amide bonds. The zero-order valence-electron chi connectivity index (χ0n) is 11.9. The summed E-state index contributed by atoms with van der Waals surface area (Å²) in [7, 11) is 0. The maximum Gasteiger partial charge on any atom is 0.325 e. The number of aliphatic carboxylic acids is 1. The van der Waals surface area contributed by atoms with Crippen molar-refractivity contribution in [2.24, 2.45) is 0 Å². The lowest BCUT2D eigenvalue weighted by Crippen LogP contribution is -2.11. The molecule has 0 spiro atoms. The fraction of sp³-hybridized carbons (Fsp3) is 0.333. The van der Waals surface area contributed by atoms with Crippen molar-refractivity contribution >= 4 is 5.97 Å². The molecule has 5 nitrogen and oxygen atoms in total. The molecule has 1 heterocycles. The van der Waals surface area contributed by atoms with Gasteiger partial charge in [0.2, 0.25) is 0 Å². The molecule has 0 saturated heterocycles. The first-order valence-corrected chi connectivity index (χ1v) is 6.52. The molecule has 0 bridgehead atoms. The van der Waals surface area contributed by atoms with Crippen molar-refractivity contribution in [1.82, 2.24) is 9.78 Å². The Labute approximate surface area is 117 Å². The van der Waals surface area contributed by atoms with Crippen molar-refractivity contribution < 1.29 is 14.6 Å². The predicted octanol–water partition coefficient (Wildman–Crippen LogP) is 2.65. The summed E-state index contributed by atoms with van der Waals surface area (Å²) in [6.07, 6.45) is 0. The van der Waals surface area contributed by atoms with E-state index in [9.17, 15) is 4.79 Å². The van der Waals surface area contributed by atoms with E-state index < -0.39 is 5.97 Å². The first-order chi connectivity index (χ1) is 9.52. The standard InChI is InChI=1S/C15H18N2O3/c1-4-20-13-7-5-12(6-8-13)15-10(2)16-17(11(15)3)9-14(18)19/h5-8H,4,9H2,1-3H3,(H,18,19). The zero-order chi connectivity index (χ0) is 14.7. The molecule has 1 N–H and O–H groups in total. The van der Waals surface area contributed by atoms with Crippen molar-refractivity contribution in [2.45, 2.75) is 27.3 Å². The molecular formula is C15H18N2O3. The summed E-state index contributed by atoms with van der Waals surface area (Å²) in [6, 6.07) is 7.75. The van der Waals surface area contributed by atoms with Gasteiger partial charge in [-0.25, -0.2) is 0 Å². The third-order valence-electron chi connectivity index (χ3n) is 3.12. The van der Waals surface area contributed by atoms with E-state index in [1.54, 1.807) is 0 Å². The topological polar surface area (TPSA) is 64.4 Å². The Morgan fingerprint density at radius 3 is 2.50 bits per heavy atom. The number of hydrogen-bond acceptors (Lipinski definition) is 3. The Morgan fingerprint density at radius 1 is 1.30 bits per heavy atom. The fourth-order valence-corrected chi connectivity index (χ4v) is 2.28. The number of rotatable bonds is 5. The van der Waals surface area contributed by atoms with Gasteiger partial charge in [0.05, 0.1) is 12.3 Å². The zero-order valence-corrected chi connectivity index (χ0v) is 11.9. The van der Waals surface area contributed by atoms with Gasteiger partial charge >= 0.3 is 5.97 Å². The second-order valence-electron chi connectivity index (χ2n) is 4.55. The van der Waals surface area contributed by atoms with E-state index in [1.807, 2.05) is 45.0 Å². The number of nitrogens with zero attached hydrogens (tertiary/aromatic N) is 2. The predicted molar refractivity (Wildman–Crippen MR) is 75.9 cm³/mol. The molecule has 0 atom stereocenters. The lowest BCUT2D eigenvalue weighted by atomic mass is 10.0. The molecule has 106 valence electrons. The van der Waals surface area contributed by atoms with Gasteiger partial charge < -0.3 is 9.84 Å². The maximum absolute atomic E-state index is 10.8.